The number of nitrogens with zero attached hydrogens (tertiary/aromatic N) is 2. The summed E-state index contributed by atoms with van der Waals surface area (Å²) in [6, 6.07) is 13.4. The van der Waals surface area contributed by atoms with Crippen molar-refractivity contribution in [1.29, 1.82) is 10.5 Å². The summed E-state index contributed by atoms with van der Waals surface area (Å²) >= 11 is 0.644. The van der Waals surface area contributed by atoms with Crippen LogP contribution in [-0.4, -0.2) is 29.9 Å². The van der Waals surface area contributed by atoms with Crippen LogP contribution in [0.1, 0.15) is 47.2 Å². The van der Waals surface area contributed by atoms with Gasteiger partial charge in [0.05, 0.1) is 0 Å². The first kappa shape index (κ1) is 17.3. The van der Waals surface area contributed by atoms with E-state index in [2.05, 4.69) is 50.3 Å². The van der Waals surface area contributed by atoms with Crippen LogP contribution in [0.5, 0.6) is 0 Å². The zero-order valence-electron chi connectivity index (χ0n) is 13.8. The van der Waals surface area contributed by atoms with E-state index in [4.69, 9.17) is 0 Å². The Hall–Kier alpha value is -1.54. The maximum atomic E-state index is 9.68. The van der Waals surface area contributed by atoms with Crippen molar-refractivity contribution in [2.45, 2.75) is 37.3 Å². The van der Waals surface area contributed by atoms with Gasteiger partial charge in [0.15, 0.2) is 0 Å². The molecule has 0 saturated heterocycles. The van der Waals surface area contributed by atoms with E-state index in [1.54, 1.807) is 0 Å². The summed E-state index contributed by atoms with van der Waals surface area (Å²) in [6.45, 7) is 4.22. The quantitative estimate of drug-likeness (QED) is 0.665. The molecule has 0 unspecified atom stereocenters. The standard InChI is InChI=1S/C20H18N2Se2/c1-3-15-17(9-21)18(10-22)16(4-2)20-19(15)23-11-13-7-5-6-8-14(13)12-24-20/h5-8H,3-4,11-12H2,1-2H3. The van der Waals surface area contributed by atoms with Crippen molar-refractivity contribution in [3.05, 3.63) is 57.6 Å². The minimum atomic E-state index is 0.322. The van der Waals surface area contributed by atoms with E-state index >= 15 is 0 Å². The fraction of sp³-hybridized carbons (Fsp3) is 0.300. The van der Waals surface area contributed by atoms with Crippen LogP contribution in [0.15, 0.2) is 24.3 Å². The predicted octanol–water partition coefficient (Wildman–Crippen LogP) is 1.93. The molecule has 1 aliphatic rings. The molecular formula is C20H18N2Se2. The fourth-order valence-corrected chi connectivity index (χ4v) is 9.73. The Kier molecular flexibility index (Phi) is 5.45. The normalized spacial score (nSPS) is 13.0. The van der Waals surface area contributed by atoms with Crippen molar-refractivity contribution >= 4 is 38.8 Å². The predicted molar refractivity (Wildman–Crippen MR) is 99.3 cm³/mol. The molecule has 0 bridgehead atoms. The average Bonchev–Trinajstić information content (AvgIpc) is 2.61. The average molecular weight is 444 g/mol. The van der Waals surface area contributed by atoms with Gasteiger partial charge in [0.1, 0.15) is 0 Å². The molecule has 0 aliphatic carbocycles. The summed E-state index contributed by atoms with van der Waals surface area (Å²) < 4.78 is 2.85. The van der Waals surface area contributed by atoms with E-state index in [0.717, 1.165) is 34.6 Å². The first-order valence-corrected chi connectivity index (χ1v) is 12.2. The van der Waals surface area contributed by atoms with E-state index in [-0.39, 0.29) is 0 Å². The van der Waals surface area contributed by atoms with Gasteiger partial charge in [-0.15, -0.1) is 0 Å². The fourth-order valence-electron chi connectivity index (χ4n) is 3.17. The van der Waals surface area contributed by atoms with Crippen molar-refractivity contribution in [1.82, 2.24) is 0 Å². The summed E-state index contributed by atoms with van der Waals surface area (Å²) in [7, 11) is 0. The second kappa shape index (κ2) is 7.56. The molecule has 0 atom stereocenters. The van der Waals surface area contributed by atoms with Gasteiger partial charge in [-0.3, -0.25) is 0 Å². The molecule has 120 valence electrons. The molecule has 2 aromatic rings. The van der Waals surface area contributed by atoms with Crippen molar-refractivity contribution in [3.63, 3.8) is 0 Å². The van der Waals surface area contributed by atoms with Crippen molar-refractivity contribution < 1.29 is 0 Å². The Morgan fingerprint density at radius 1 is 0.833 bits per heavy atom. The molecule has 2 aromatic carbocycles. The number of rotatable bonds is 2. The van der Waals surface area contributed by atoms with Crippen LogP contribution in [0, 0.1) is 22.7 Å². The van der Waals surface area contributed by atoms with Gasteiger partial charge in [0, 0.05) is 0 Å². The van der Waals surface area contributed by atoms with Gasteiger partial charge >= 0.3 is 156 Å². The summed E-state index contributed by atoms with van der Waals surface area (Å²) in [5.74, 6) is 0. The molecule has 0 spiro atoms. The van der Waals surface area contributed by atoms with Gasteiger partial charge in [-0.1, -0.05) is 0 Å². The third-order valence-electron chi connectivity index (χ3n) is 4.40. The van der Waals surface area contributed by atoms with Gasteiger partial charge in [-0.2, -0.15) is 0 Å². The maximum absolute atomic E-state index is 9.68. The number of nitriles is 2. The summed E-state index contributed by atoms with van der Waals surface area (Å²) in [5, 5.41) is 21.5. The zero-order valence-corrected chi connectivity index (χ0v) is 17.3. The Morgan fingerprint density at radius 3 is 1.58 bits per heavy atom. The van der Waals surface area contributed by atoms with Gasteiger partial charge < -0.3 is 0 Å². The SMILES string of the molecule is CCc1c(C#N)c(C#N)c(CC)c2c1[Se]Cc1ccccc1C[Se]2. The van der Waals surface area contributed by atoms with E-state index in [1.807, 2.05) is 0 Å². The van der Waals surface area contributed by atoms with Crippen LogP contribution in [0.2, 0.25) is 0 Å². The molecule has 24 heavy (non-hydrogen) atoms. The van der Waals surface area contributed by atoms with Crippen LogP contribution in [0.4, 0.5) is 0 Å². The second-order valence-corrected chi connectivity index (χ2v) is 9.78. The molecule has 0 fully saturated rings. The van der Waals surface area contributed by atoms with Crippen LogP contribution < -0.4 is 8.92 Å². The van der Waals surface area contributed by atoms with E-state index in [1.165, 1.54) is 20.1 Å². The molecule has 0 saturated carbocycles. The molecule has 3 rings (SSSR count). The van der Waals surface area contributed by atoms with E-state index in [9.17, 15) is 10.5 Å². The Morgan fingerprint density at radius 2 is 1.25 bits per heavy atom. The molecule has 1 aliphatic heterocycles. The summed E-state index contributed by atoms with van der Waals surface area (Å²) in [6.07, 6.45) is 1.67. The van der Waals surface area contributed by atoms with Crippen molar-refractivity contribution in [3.8, 4) is 12.1 Å². The number of hydrogen-bond acceptors (Lipinski definition) is 2. The molecule has 2 nitrogen and oxygen atoms in total. The van der Waals surface area contributed by atoms with Crippen LogP contribution in [0.25, 0.3) is 0 Å². The van der Waals surface area contributed by atoms with Gasteiger partial charge in [-0.05, 0) is 0 Å². The van der Waals surface area contributed by atoms with Crippen LogP contribution in [0.3, 0.4) is 0 Å². The molecule has 0 aromatic heterocycles. The minimum absolute atomic E-state index is 0.322. The molecule has 0 amide bonds. The molecule has 0 N–H and O–H groups in total. The first-order valence-electron chi connectivity index (χ1n) is 8.09. The Bertz CT molecular complexity index is 801. The molecule has 4 heteroatoms. The number of fused-ring (bicyclic) bond motifs is 2. The molecule has 1 heterocycles. The van der Waals surface area contributed by atoms with Crippen LogP contribution in [-0.2, 0) is 23.5 Å². The van der Waals surface area contributed by atoms with Gasteiger partial charge in [0.2, 0.25) is 0 Å². The van der Waals surface area contributed by atoms with Gasteiger partial charge in [0.25, 0.3) is 0 Å². The third kappa shape index (κ3) is 2.93. The second-order valence-electron chi connectivity index (χ2n) is 5.64. The van der Waals surface area contributed by atoms with E-state index in [0.29, 0.717) is 41.0 Å². The van der Waals surface area contributed by atoms with Crippen molar-refractivity contribution in [2.24, 2.45) is 0 Å². The summed E-state index contributed by atoms with van der Waals surface area (Å²) in [5.41, 5.74) is 6.50. The van der Waals surface area contributed by atoms with Crippen LogP contribution >= 0.6 is 0 Å². The molecule has 0 radical (unpaired) electrons. The molecular weight excluding hydrogens is 426 g/mol. The Balaban J connectivity index is 2.23. The topological polar surface area (TPSA) is 47.6 Å². The van der Waals surface area contributed by atoms with E-state index < -0.39 is 0 Å². The van der Waals surface area contributed by atoms with Crippen molar-refractivity contribution in [2.75, 3.05) is 0 Å². The monoisotopic (exact) mass is 446 g/mol. The first-order chi connectivity index (χ1) is 11.7. The third-order valence-corrected chi connectivity index (χ3v) is 10.1. The Labute approximate surface area is 156 Å². The number of hydrogen-bond donors (Lipinski definition) is 0. The zero-order chi connectivity index (χ0) is 17.1. The summed E-state index contributed by atoms with van der Waals surface area (Å²) in [4.78, 5) is 0. The van der Waals surface area contributed by atoms with Gasteiger partial charge in [-0.25, -0.2) is 0 Å². The number of benzene rings is 2.